The summed E-state index contributed by atoms with van der Waals surface area (Å²) < 4.78 is 31.8. The largest absolute Gasteiger partial charge is 0.449 e. The van der Waals surface area contributed by atoms with Crippen LogP contribution in [0.3, 0.4) is 0 Å². The van der Waals surface area contributed by atoms with Gasteiger partial charge in [0.2, 0.25) is 10.0 Å². The fraction of sp³-hybridized carbons (Fsp3) is 0.300. The number of ether oxygens (including phenoxy) is 1. The number of amides is 1. The molecular weight excluding hydrogens is 451 g/mol. The molecule has 0 aliphatic carbocycles. The molecule has 0 aliphatic rings. The first kappa shape index (κ1) is 24.1. The standard InChI is InChI=1S/C20H22Cl2N2O5S/c1-4-24(5-2)30(27,28)16-9-10-18(22)17(12-16)20(26)29-13(3)19(25)23-15-8-6-7-14(21)11-15/h6-13H,4-5H2,1-3H3,(H,23,25). The molecule has 0 saturated carbocycles. The van der Waals surface area contributed by atoms with E-state index in [2.05, 4.69) is 5.32 Å². The van der Waals surface area contributed by atoms with Crippen molar-refractivity contribution in [3.05, 3.63) is 58.1 Å². The van der Waals surface area contributed by atoms with E-state index in [1.54, 1.807) is 38.1 Å². The molecule has 2 rings (SSSR count). The zero-order valence-electron chi connectivity index (χ0n) is 16.7. The first-order valence-corrected chi connectivity index (χ1v) is 11.4. The van der Waals surface area contributed by atoms with E-state index in [1.165, 1.54) is 23.4 Å². The lowest BCUT2D eigenvalue weighted by molar-refractivity contribution is -0.123. The van der Waals surface area contributed by atoms with Gasteiger partial charge in [0.05, 0.1) is 15.5 Å². The highest BCUT2D eigenvalue weighted by Gasteiger charge is 2.26. The third-order valence-corrected chi connectivity index (χ3v) is 6.86. The second-order valence-corrected chi connectivity index (χ2v) is 9.06. The quantitative estimate of drug-likeness (QED) is 0.580. The lowest BCUT2D eigenvalue weighted by atomic mass is 10.2. The van der Waals surface area contributed by atoms with Gasteiger partial charge in [0.25, 0.3) is 5.91 Å². The van der Waals surface area contributed by atoms with Crippen LogP contribution in [0.4, 0.5) is 5.69 Å². The van der Waals surface area contributed by atoms with Crippen LogP contribution in [0.25, 0.3) is 0 Å². The van der Waals surface area contributed by atoms with Gasteiger partial charge in [-0.15, -0.1) is 0 Å². The predicted octanol–water partition coefficient (Wildman–Crippen LogP) is 4.21. The predicted molar refractivity (Wildman–Crippen MR) is 117 cm³/mol. The Balaban J connectivity index is 2.19. The van der Waals surface area contributed by atoms with E-state index in [1.807, 2.05) is 0 Å². The van der Waals surface area contributed by atoms with Gasteiger partial charge < -0.3 is 10.1 Å². The van der Waals surface area contributed by atoms with Crippen molar-refractivity contribution in [1.29, 1.82) is 0 Å². The van der Waals surface area contributed by atoms with Crippen molar-refractivity contribution in [3.63, 3.8) is 0 Å². The van der Waals surface area contributed by atoms with Gasteiger partial charge >= 0.3 is 5.97 Å². The van der Waals surface area contributed by atoms with Crippen LogP contribution in [0.15, 0.2) is 47.4 Å². The van der Waals surface area contributed by atoms with Crippen molar-refractivity contribution in [2.75, 3.05) is 18.4 Å². The molecule has 0 saturated heterocycles. The van der Waals surface area contributed by atoms with E-state index >= 15 is 0 Å². The molecule has 162 valence electrons. The third-order valence-electron chi connectivity index (χ3n) is 4.25. The number of carbonyl (C=O) groups is 2. The Morgan fingerprint density at radius 2 is 1.77 bits per heavy atom. The lowest BCUT2D eigenvalue weighted by Crippen LogP contribution is -2.31. The third kappa shape index (κ3) is 5.72. The van der Waals surface area contributed by atoms with E-state index in [4.69, 9.17) is 27.9 Å². The lowest BCUT2D eigenvalue weighted by Gasteiger charge is -2.19. The maximum atomic E-state index is 12.7. The second-order valence-electron chi connectivity index (χ2n) is 6.28. The molecule has 0 aliphatic heterocycles. The van der Waals surface area contributed by atoms with Gasteiger partial charge in [0.1, 0.15) is 0 Å². The number of sulfonamides is 1. The number of halogens is 2. The van der Waals surface area contributed by atoms with Crippen LogP contribution in [0.2, 0.25) is 10.0 Å². The molecule has 1 atom stereocenters. The summed E-state index contributed by atoms with van der Waals surface area (Å²) in [5.74, 6) is -1.49. The van der Waals surface area contributed by atoms with E-state index < -0.39 is 28.0 Å². The molecule has 2 aromatic carbocycles. The number of benzene rings is 2. The molecule has 0 bridgehead atoms. The number of nitrogens with one attached hydrogen (secondary N) is 1. The Hall–Kier alpha value is -2.13. The van der Waals surface area contributed by atoms with Crippen LogP contribution < -0.4 is 5.32 Å². The summed E-state index contributed by atoms with van der Waals surface area (Å²) in [6.45, 7) is 5.38. The van der Waals surface area contributed by atoms with Crippen LogP contribution in [0.1, 0.15) is 31.1 Å². The van der Waals surface area contributed by atoms with Gasteiger partial charge in [-0.25, -0.2) is 13.2 Å². The average Bonchev–Trinajstić information content (AvgIpc) is 2.68. The fourth-order valence-electron chi connectivity index (χ4n) is 2.62. The summed E-state index contributed by atoms with van der Waals surface area (Å²) >= 11 is 12.0. The first-order valence-electron chi connectivity index (χ1n) is 9.17. The van der Waals surface area contributed by atoms with Gasteiger partial charge in [-0.2, -0.15) is 4.31 Å². The molecule has 10 heteroatoms. The van der Waals surface area contributed by atoms with Crippen molar-refractivity contribution >= 4 is 50.8 Å². The van der Waals surface area contributed by atoms with Crippen LogP contribution in [-0.2, 0) is 19.6 Å². The molecule has 7 nitrogen and oxygen atoms in total. The van der Waals surface area contributed by atoms with Crippen molar-refractivity contribution in [1.82, 2.24) is 4.31 Å². The van der Waals surface area contributed by atoms with Crippen molar-refractivity contribution < 1.29 is 22.7 Å². The highest BCUT2D eigenvalue weighted by molar-refractivity contribution is 7.89. The Labute approximate surface area is 186 Å². The van der Waals surface area contributed by atoms with E-state index in [0.717, 1.165) is 6.07 Å². The van der Waals surface area contributed by atoms with Gasteiger partial charge in [0.15, 0.2) is 6.10 Å². The highest BCUT2D eigenvalue weighted by atomic mass is 35.5. The molecule has 0 spiro atoms. The molecule has 2 aromatic rings. The number of nitrogens with zero attached hydrogens (tertiary/aromatic N) is 1. The minimum atomic E-state index is -3.79. The summed E-state index contributed by atoms with van der Waals surface area (Å²) in [6.07, 6.45) is -1.16. The van der Waals surface area contributed by atoms with Gasteiger partial charge in [-0.1, -0.05) is 43.1 Å². The van der Waals surface area contributed by atoms with Crippen LogP contribution in [0.5, 0.6) is 0 Å². The highest BCUT2D eigenvalue weighted by Crippen LogP contribution is 2.24. The smallest absolute Gasteiger partial charge is 0.340 e. The normalized spacial score (nSPS) is 12.5. The molecule has 1 unspecified atom stereocenters. The molecule has 0 aromatic heterocycles. The topological polar surface area (TPSA) is 92.8 Å². The summed E-state index contributed by atoms with van der Waals surface area (Å²) in [5, 5.41) is 3.04. The van der Waals surface area contributed by atoms with E-state index in [-0.39, 0.29) is 28.6 Å². The number of hydrogen-bond donors (Lipinski definition) is 1. The maximum Gasteiger partial charge on any atom is 0.340 e. The molecule has 1 amide bonds. The summed E-state index contributed by atoms with van der Waals surface area (Å²) in [7, 11) is -3.79. The molecule has 0 radical (unpaired) electrons. The molecule has 0 fully saturated rings. The summed E-state index contributed by atoms with van der Waals surface area (Å²) in [5.41, 5.74) is 0.299. The minimum absolute atomic E-state index is 0.0148. The Morgan fingerprint density at radius 1 is 1.10 bits per heavy atom. The van der Waals surface area contributed by atoms with Gasteiger partial charge in [-0.3, -0.25) is 4.79 Å². The minimum Gasteiger partial charge on any atom is -0.449 e. The molecule has 30 heavy (non-hydrogen) atoms. The average molecular weight is 473 g/mol. The Morgan fingerprint density at radius 3 is 2.37 bits per heavy atom. The van der Waals surface area contributed by atoms with Gasteiger partial charge in [-0.05, 0) is 43.3 Å². The number of hydrogen-bond acceptors (Lipinski definition) is 5. The van der Waals surface area contributed by atoms with Gasteiger partial charge in [0, 0.05) is 23.8 Å². The number of rotatable bonds is 8. The zero-order valence-corrected chi connectivity index (χ0v) is 19.0. The van der Waals surface area contributed by atoms with Crippen LogP contribution >= 0.6 is 23.2 Å². The summed E-state index contributed by atoms with van der Waals surface area (Å²) in [4.78, 5) is 24.8. The fourth-order valence-corrected chi connectivity index (χ4v) is 4.49. The van der Waals surface area contributed by atoms with E-state index in [0.29, 0.717) is 10.7 Å². The maximum absolute atomic E-state index is 12.7. The molecular formula is C20H22Cl2N2O5S. The number of carbonyl (C=O) groups excluding carboxylic acids is 2. The molecule has 0 heterocycles. The zero-order chi connectivity index (χ0) is 22.5. The second kappa shape index (κ2) is 10.3. The van der Waals surface area contributed by atoms with Crippen LogP contribution in [-0.4, -0.2) is 43.8 Å². The number of esters is 1. The SMILES string of the molecule is CCN(CC)S(=O)(=O)c1ccc(Cl)c(C(=O)OC(C)C(=O)Nc2cccc(Cl)c2)c1. The number of anilines is 1. The summed E-state index contributed by atoms with van der Waals surface area (Å²) in [6, 6.07) is 10.3. The van der Waals surface area contributed by atoms with Crippen molar-refractivity contribution in [3.8, 4) is 0 Å². The first-order chi connectivity index (χ1) is 14.1. The Kier molecular flexibility index (Phi) is 8.25. The van der Waals surface area contributed by atoms with E-state index in [9.17, 15) is 18.0 Å². The van der Waals surface area contributed by atoms with Crippen molar-refractivity contribution in [2.24, 2.45) is 0 Å². The monoisotopic (exact) mass is 472 g/mol. The Bertz CT molecular complexity index is 1040. The molecule has 1 N–H and O–H groups in total. The van der Waals surface area contributed by atoms with Crippen LogP contribution in [0, 0.1) is 0 Å². The van der Waals surface area contributed by atoms with Crippen molar-refractivity contribution in [2.45, 2.75) is 31.8 Å².